The van der Waals surface area contributed by atoms with E-state index in [-0.39, 0.29) is 17.0 Å². The molecule has 6 nitrogen and oxygen atoms in total. The number of para-hydroxylation sites is 1. The monoisotopic (exact) mass is 356 g/mol. The quantitative estimate of drug-likeness (QED) is 0.881. The highest BCUT2D eigenvalue weighted by Gasteiger charge is 2.36. The van der Waals surface area contributed by atoms with Gasteiger partial charge in [-0.1, -0.05) is 37.2 Å². The van der Waals surface area contributed by atoms with Crippen LogP contribution in [0.1, 0.15) is 45.2 Å². The predicted octanol–water partition coefficient (Wildman–Crippen LogP) is 3.58. The molecule has 1 N–H and O–H groups in total. The van der Waals surface area contributed by atoms with E-state index in [4.69, 9.17) is 4.52 Å². The van der Waals surface area contributed by atoms with Crippen LogP contribution in [0.3, 0.4) is 0 Å². The molecule has 1 aromatic carbocycles. The van der Waals surface area contributed by atoms with Gasteiger partial charge < -0.3 is 9.84 Å². The number of Topliss-reactive ketones (excluding diaryl/α,β-unsaturated/α-hetero) is 1. The molecule has 3 rings (SSSR count). The summed E-state index contributed by atoms with van der Waals surface area (Å²) in [6.45, 7) is 4.04. The summed E-state index contributed by atoms with van der Waals surface area (Å²) in [7, 11) is 0. The van der Waals surface area contributed by atoms with Crippen LogP contribution in [0.25, 0.3) is 0 Å². The number of hydrogen-bond donors (Lipinski definition) is 1. The van der Waals surface area contributed by atoms with E-state index < -0.39 is 17.5 Å². The number of nitrogens with one attached hydrogen (secondary N) is 1. The molecule has 0 atom stereocenters. The van der Waals surface area contributed by atoms with E-state index in [1.807, 2.05) is 19.9 Å². The number of nitrogens with zero attached hydrogens (tertiary/aromatic N) is 1. The summed E-state index contributed by atoms with van der Waals surface area (Å²) in [5, 5.41) is 6.30. The Balaban J connectivity index is 1.88. The first-order chi connectivity index (χ1) is 12.0. The van der Waals surface area contributed by atoms with Crippen molar-refractivity contribution in [3.05, 3.63) is 58.3 Å². The van der Waals surface area contributed by atoms with Gasteiger partial charge in [-0.3, -0.25) is 14.4 Å². The van der Waals surface area contributed by atoms with Crippen molar-refractivity contribution in [3.8, 4) is 0 Å². The Kier molecular flexibility index (Phi) is 4.85. The highest BCUT2D eigenvalue weighted by Crippen LogP contribution is 2.31. The van der Waals surface area contributed by atoms with Crippen molar-refractivity contribution < 1.29 is 18.9 Å². The van der Waals surface area contributed by atoms with E-state index in [2.05, 4.69) is 10.5 Å². The van der Waals surface area contributed by atoms with Gasteiger partial charge in [0.15, 0.2) is 5.69 Å². The molecule has 0 radical (unpaired) electrons. The van der Waals surface area contributed by atoms with Crippen LogP contribution in [0.5, 0.6) is 0 Å². The van der Waals surface area contributed by atoms with Crippen molar-refractivity contribution >= 4 is 34.9 Å². The third-order valence-electron chi connectivity index (χ3n) is 3.45. The van der Waals surface area contributed by atoms with Gasteiger partial charge in [0, 0.05) is 17.5 Å². The first-order valence-corrected chi connectivity index (χ1v) is 8.75. The van der Waals surface area contributed by atoms with Gasteiger partial charge in [-0.2, -0.15) is 0 Å². The smallest absolute Gasteiger partial charge is 0.278 e. The normalized spacial score (nSPS) is 13.6. The maximum atomic E-state index is 12.7. The standard InChI is InChI=1S/C18H16N2O4S/c1-10(2)9-25-13-8-12(21)17-14(16(13)22)15(20-24-17)18(23)19-11-6-4-3-5-7-11/h3-8,10H,9H2,1-2H3,(H,19,23). The number of fused-ring (bicyclic) bond motifs is 1. The van der Waals surface area contributed by atoms with Crippen LogP contribution in [-0.2, 0) is 0 Å². The molecule has 0 saturated carbocycles. The Morgan fingerprint density at radius 2 is 1.96 bits per heavy atom. The first-order valence-electron chi connectivity index (χ1n) is 7.77. The topological polar surface area (TPSA) is 89.3 Å². The van der Waals surface area contributed by atoms with Crippen LogP contribution in [-0.4, -0.2) is 28.4 Å². The number of allylic oxidation sites excluding steroid dienone is 2. The molecule has 0 saturated heterocycles. The number of amides is 1. The van der Waals surface area contributed by atoms with Gasteiger partial charge in [-0.25, -0.2) is 0 Å². The second-order valence-electron chi connectivity index (χ2n) is 5.96. The molecule has 0 fully saturated rings. The average molecular weight is 356 g/mol. The van der Waals surface area contributed by atoms with Crippen molar-refractivity contribution in [3.63, 3.8) is 0 Å². The lowest BCUT2D eigenvalue weighted by atomic mass is 9.99. The molecule has 2 aromatic rings. The number of carbonyl (C=O) groups is 3. The summed E-state index contributed by atoms with van der Waals surface area (Å²) in [5.41, 5.74) is 0.323. The van der Waals surface area contributed by atoms with Crippen LogP contribution in [0, 0.1) is 5.92 Å². The Morgan fingerprint density at radius 3 is 2.64 bits per heavy atom. The summed E-state index contributed by atoms with van der Waals surface area (Å²) in [6, 6.07) is 8.78. The molecule has 0 aliphatic heterocycles. The lowest BCUT2D eigenvalue weighted by Gasteiger charge is -2.12. The maximum Gasteiger partial charge on any atom is 0.278 e. The molecule has 1 aliphatic carbocycles. The summed E-state index contributed by atoms with van der Waals surface area (Å²) >= 11 is 1.30. The molecular formula is C18H16N2O4S. The van der Waals surface area contributed by atoms with Gasteiger partial charge in [0.2, 0.25) is 17.3 Å². The van der Waals surface area contributed by atoms with Gasteiger partial charge in [0.05, 0.1) is 4.91 Å². The number of aromatic nitrogens is 1. The van der Waals surface area contributed by atoms with Gasteiger partial charge in [-0.15, -0.1) is 11.8 Å². The van der Waals surface area contributed by atoms with E-state index >= 15 is 0 Å². The molecule has 1 heterocycles. The molecule has 1 amide bonds. The van der Waals surface area contributed by atoms with E-state index in [1.165, 1.54) is 17.8 Å². The highest BCUT2D eigenvalue weighted by molar-refractivity contribution is 8.04. The Hall–Kier alpha value is -2.67. The number of anilines is 1. The number of carbonyl (C=O) groups excluding carboxylic acids is 3. The Labute approximate surface area is 148 Å². The fourth-order valence-electron chi connectivity index (χ4n) is 2.27. The van der Waals surface area contributed by atoms with E-state index in [1.54, 1.807) is 24.3 Å². The lowest BCUT2D eigenvalue weighted by Crippen LogP contribution is -2.20. The van der Waals surface area contributed by atoms with Crippen LogP contribution >= 0.6 is 11.8 Å². The average Bonchev–Trinajstić information content (AvgIpc) is 3.03. The van der Waals surface area contributed by atoms with E-state index in [0.717, 1.165) is 0 Å². The predicted molar refractivity (Wildman–Crippen MR) is 94.9 cm³/mol. The lowest BCUT2D eigenvalue weighted by molar-refractivity contribution is 0.0967. The Bertz CT molecular complexity index is 868. The number of thioether (sulfide) groups is 1. The van der Waals surface area contributed by atoms with Gasteiger partial charge in [0.1, 0.15) is 5.56 Å². The van der Waals surface area contributed by atoms with E-state index in [0.29, 0.717) is 22.3 Å². The molecule has 128 valence electrons. The van der Waals surface area contributed by atoms with Gasteiger partial charge >= 0.3 is 0 Å². The molecule has 7 heteroatoms. The molecule has 0 unspecified atom stereocenters. The molecule has 0 spiro atoms. The van der Waals surface area contributed by atoms with Crippen molar-refractivity contribution in [2.24, 2.45) is 5.92 Å². The van der Waals surface area contributed by atoms with E-state index in [9.17, 15) is 14.4 Å². The summed E-state index contributed by atoms with van der Waals surface area (Å²) in [4.78, 5) is 37.6. The van der Waals surface area contributed by atoms with Gasteiger partial charge in [-0.05, 0) is 18.1 Å². The van der Waals surface area contributed by atoms with Crippen LogP contribution in [0.2, 0.25) is 0 Å². The Morgan fingerprint density at radius 1 is 1.24 bits per heavy atom. The second kappa shape index (κ2) is 7.06. The first kappa shape index (κ1) is 17.2. The van der Waals surface area contributed by atoms with Crippen LogP contribution < -0.4 is 5.32 Å². The number of rotatable bonds is 5. The molecular weight excluding hydrogens is 340 g/mol. The minimum atomic E-state index is -0.590. The fraction of sp³-hybridized carbons (Fsp3) is 0.222. The van der Waals surface area contributed by atoms with Crippen molar-refractivity contribution in [2.75, 3.05) is 11.1 Å². The third kappa shape index (κ3) is 3.56. The summed E-state index contributed by atoms with van der Waals surface area (Å²) < 4.78 is 4.97. The largest absolute Gasteiger partial charge is 0.351 e. The molecule has 1 aromatic heterocycles. The summed E-state index contributed by atoms with van der Waals surface area (Å²) in [6.07, 6.45) is 1.25. The zero-order valence-electron chi connectivity index (χ0n) is 13.7. The SMILES string of the molecule is CC(C)CSC1=CC(=O)c2onc(C(=O)Nc3ccccc3)c2C1=O. The van der Waals surface area contributed by atoms with Crippen molar-refractivity contribution in [1.82, 2.24) is 5.16 Å². The number of ketones is 2. The second-order valence-corrected chi connectivity index (χ2v) is 7.02. The summed E-state index contributed by atoms with van der Waals surface area (Å²) in [5.74, 6) is -0.577. The van der Waals surface area contributed by atoms with Crippen molar-refractivity contribution in [2.45, 2.75) is 13.8 Å². The minimum Gasteiger partial charge on any atom is -0.351 e. The fourth-order valence-corrected chi connectivity index (χ4v) is 3.21. The number of benzene rings is 1. The number of hydrogen-bond acceptors (Lipinski definition) is 6. The molecule has 1 aliphatic rings. The van der Waals surface area contributed by atoms with Crippen LogP contribution in [0.4, 0.5) is 5.69 Å². The minimum absolute atomic E-state index is 0.0628. The molecule has 0 bridgehead atoms. The maximum absolute atomic E-state index is 12.7. The van der Waals surface area contributed by atoms with Crippen molar-refractivity contribution in [1.29, 1.82) is 0 Å². The highest BCUT2D eigenvalue weighted by atomic mass is 32.2. The zero-order chi connectivity index (χ0) is 18.0. The zero-order valence-corrected chi connectivity index (χ0v) is 14.6. The molecule has 25 heavy (non-hydrogen) atoms. The van der Waals surface area contributed by atoms with Crippen LogP contribution in [0.15, 0.2) is 45.8 Å². The van der Waals surface area contributed by atoms with Gasteiger partial charge in [0.25, 0.3) is 5.91 Å². The third-order valence-corrected chi connectivity index (χ3v) is 4.90.